The molecule has 0 aliphatic carbocycles. The quantitative estimate of drug-likeness (QED) is 0.613. The number of ether oxygens (including phenoxy) is 1. The van der Waals surface area contributed by atoms with Crippen LogP contribution in [-0.4, -0.2) is 38.2 Å². The zero-order chi connectivity index (χ0) is 19.9. The Labute approximate surface area is 166 Å². The molecule has 8 nitrogen and oxygen atoms in total. The van der Waals surface area contributed by atoms with Crippen molar-refractivity contribution in [3.8, 4) is 0 Å². The molecule has 0 aliphatic rings. The molecule has 3 aromatic rings. The molecule has 0 bridgehead atoms. The number of tetrazole rings is 1. The number of esters is 1. The fourth-order valence-electron chi connectivity index (χ4n) is 2.52. The lowest BCUT2D eigenvalue weighted by Crippen LogP contribution is -2.34. The van der Waals surface area contributed by atoms with Crippen LogP contribution in [0.15, 0.2) is 60.9 Å². The number of nitrogens with one attached hydrogen (secondary N) is 1. The first-order chi connectivity index (χ1) is 13.5. The lowest BCUT2D eigenvalue weighted by Gasteiger charge is -2.19. The summed E-state index contributed by atoms with van der Waals surface area (Å²) >= 11 is 5.83. The highest BCUT2D eigenvalue weighted by Gasteiger charge is 2.27. The average molecular weight is 400 g/mol. The lowest BCUT2D eigenvalue weighted by atomic mass is 10.1. The average Bonchev–Trinajstić information content (AvgIpc) is 3.23. The Kier molecular flexibility index (Phi) is 6.33. The van der Waals surface area contributed by atoms with Gasteiger partial charge in [-0.05, 0) is 47.2 Å². The van der Waals surface area contributed by atoms with E-state index < -0.39 is 24.0 Å². The molecule has 2 atom stereocenters. The molecule has 9 heteroatoms. The van der Waals surface area contributed by atoms with E-state index in [0.29, 0.717) is 17.1 Å². The monoisotopic (exact) mass is 399 g/mol. The van der Waals surface area contributed by atoms with Gasteiger partial charge in [0.2, 0.25) is 0 Å². The molecule has 1 amide bonds. The van der Waals surface area contributed by atoms with Crippen molar-refractivity contribution >= 4 is 29.2 Å². The van der Waals surface area contributed by atoms with Gasteiger partial charge in [0, 0.05) is 17.1 Å². The molecule has 0 spiro atoms. The summed E-state index contributed by atoms with van der Waals surface area (Å²) in [5.74, 6) is -1.05. The maximum absolute atomic E-state index is 12.7. The van der Waals surface area contributed by atoms with Crippen molar-refractivity contribution in [3.63, 3.8) is 0 Å². The largest absolute Gasteiger partial charge is 0.451 e. The van der Waals surface area contributed by atoms with Crippen molar-refractivity contribution < 1.29 is 14.3 Å². The fraction of sp³-hybridized carbons (Fsp3) is 0.211. The Balaban J connectivity index is 1.66. The van der Waals surface area contributed by atoms with Gasteiger partial charge in [-0.2, -0.15) is 0 Å². The first-order valence-electron chi connectivity index (χ1n) is 8.56. The number of nitrogens with zero attached hydrogens (tertiary/aromatic N) is 4. The minimum Gasteiger partial charge on any atom is -0.451 e. The van der Waals surface area contributed by atoms with Gasteiger partial charge in [-0.1, -0.05) is 41.9 Å². The van der Waals surface area contributed by atoms with Gasteiger partial charge in [0.15, 0.2) is 12.1 Å². The smallest absolute Gasteiger partial charge is 0.332 e. The normalized spacial score (nSPS) is 12.8. The predicted octanol–water partition coefficient (Wildman–Crippen LogP) is 2.68. The van der Waals surface area contributed by atoms with Crippen molar-refractivity contribution in [2.45, 2.75) is 25.5 Å². The number of hydrogen-bond donors (Lipinski definition) is 1. The summed E-state index contributed by atoms with van der Waals surface area (Å²) in [5, 5.41) is 14.2. The summed E-state index contributed by atoms with van der Waals surface area (Å²) in [4.78, 5) is 25.1. The number of aromatic nitrogens is 4. The summed E-state index contributed by atoms with van der Waals surface area (Å²) in [6.07, 6.45) is 0.668. The summed E-state index contributed by atoms with van der Waals surface area (Å²) in [5.41, 5.74) is 1.47. The van der Waals surface area contributed by atoms with Crippen LogP contribution in [0, 0.1) is 0 Å². The summed E-state index contributed by atoms with van der Waals surface area (Å²) in [7, 11) is 0. The third-order valence-corrected chi connectivity index (χ3v) is 4.25. The molecular weight excluding hydrogens is 382 g/mol. The highest BCUT2D eigenvalue weighted by atomic mass is 35.5. The van der Waals surface area contributed by atoms with Crippen LogP contribution in [0.25, 0.3) is 0 Å². The van der Waals surface area contributed by atoms with E-state index in [9.17, 15) is 9.59 Å². The van der Waals surface area contributed by atoms with Crippen LogP contribution in [0.1, 0.15) is 18.5 Å². The molecule has 144 valence electrons. The van der Waals surface area contributed by atoms with Crippen LogP contribution < -0.4 is 5.32 Å². The van der Waals surface area contributed by atoms with E-state index in [0.717, 1.165) is 5.56 Å². The minimum absolute atomic E-state index is 0.330. The molecule has 1 heterocycles. The number of benzene rings is 2. The van der Waals surface area contributed by atoms with Crippen LogP contribution in [-0.2, 0) is 20.7 Å². The topological polar surface area (TPSA) is 99.0 Å². The van der Waals surface area contributed by atoms with E-state index in [4.69, 9.17) is 16.3 Å². The van der Waals surface area contributed by atoms with Gasteiger partial charge in [0.25, 0.3) is 5.91 Å². The molecule has 0 unspecified atom stereocenters. The van der Waals surface area contributed by atoms with E-state index in [-0.39, 0.29) is 0 Å². The number of rotatable bonds is 7. The Morgan fingerprint density at radius 2 is 1.86 bits per heavy atom. The highest BCUT2D eigenvalue weighted by Crippen LogP contribution is 2.17. The molecule has 0 aliphatic heterocycles. The Morgan fingerprint density at radius 1 is 1.14 bits per heavy atom. The van der Waals surface area contributed by atoms with Crippen molar-refractivity contribution in [3.05, 3.63) is 71.5 Å². The van der Waals surface area contributed by atoms with Crippen molar-refractivity contribution in [2.24, 2.45) is 0 Å². The summed E-state index contributed by atoms with van der Waals surface area (Å²) < 4.78 is 6.69. The Morgan fingerprint density at radius 3 is 2.50 bits per heavy atom. The van der Waals surface area contributed by atoms with Crippen molar-refractivity contribution in [2.75, 3.05) is 5.32 Å². The van der Waals surface area contributed by atoms with E-state index in [2.05, 4.69) is 20.8 Å². The van der Waals surface area contributed by atoms with Gasteiger partial charge >= 0.3 is 5.97 Å². The lowest BCUT2D eigenvalue weighted by molar-refractivity contribution is -0.156. The zero-order valence-electron chi connectivity index (χ0n) is 15.0. The second-order valence-electron chi connectivity index (χ2n) is 6.07. The molecule has 0 saturated carbocycles. The number of carbonyl (C=O) groups excluding carboxylic acids is 2. The van der Waals surface area contributed by atoms with Gasteiger partial charge in [0.1, 0.15) is 6.33 Å². The predicted molar refractivity (Wildman–Crippen MR) is 103 cm³/mol. The number of carbonyl (C=O) groups is 2. The first kappa shape index (κ1) is 19.5. The highest BCUT2D eigenvalue weighted by molar-refractivity contribution is 6.30. The molecule has 3 rings (SSSR count). The molecule has 28 heavy (non-hydrogen) atoms. The number of amides is 1. The molecule has 1 aromatic heterocycles. The molecule has 1 N–H and O–H groups in total. The minimum atomic E-state index is -1.00. The second kappa shape index (κ2) is 9.09. The molecular formula is C19H18ClN5O3. The van der Waals surface area contributed by atoms with Crippen LogP contribution in [0.3, 0.4) is 0 Å². The third kappa shape index (κ3) is 5.14. The van der Waals surface area contributed by atoms with Gasteiger partial charge < -0.3 is 10.1 Å². The van der Waals surface area contributed by atoms with Crippen molar-refractivity contribution in [1.82, 2.24) is 20.2 Å². The van der Waals surface area contributed by atoms with Crippen LogP contribution >= 0.6 is 11.6 Å². The van der Waals surface area contributed by atoms with Gasteiger partial charge in [-0.15, -0.1) is 5.10 Å². The molecule has 0 fully saturated rings. The maximum atomic E-state index is 12.7. The standard InChI is InChI=1S/C19H18ClN5O3/c1-13(18(26)22-16-9-7-15(20)8-10-16)28-19(27)17(25-12-21-23-24-25)11-14-5-3-2-4-6-14/h2-10,12-13,17H,11H2,1H3,(H,22,26)/t13-,17-/m0/s1. The van der Waals surface area contributed by atoms with E-state index in [1.165, 1.54) is 17.9 Å². The molecule has 0 saturated heterocycles. The van der Waals surface area contributed by atoms with Crippen LogP contribution in [0.2, 0.25) is 5.02 Å². The summed E-state index contributed by atoms with van der Waals surface area (Å²) in [6.45, 7) is 1.50. The second-order valence-corrected chi connectivity index (χ2v) is 6.51. The maximum Gasteiger partial charge on any atom is 0.332 e. The molecule has 0 radical (unpaired) electrons. The van der Waals surface area contributed by atoms with Crippen LogP contribution in [0.4, 0.5) is 5.69 Å². The number of anilines is 1. The summed E-state index contributed by atoms with van der Waals surface area (Å²) in [6, 6.07) is 15.3. The zero-order valence-corrected chi connectivity index (χ0v) is 15.8. The van der Waals surface area contributed by atoms with Crippen molar-refractivity contribution in [1.29, 1.82) is 0 Å². The van der Waals surface area contributed by atoms with Crippen LogP contribution in [0.5, 0.6) is 0 Å². The van der Waals surface area contributed by atoms with E-state index >= 15 is 0 Å². The fourth-order valence-corrected chi connectivity index (χ4v) is 2.64. The van der Waals surface area contributed by atoms with Gasteiger partial charge in [0.05, 0.1) is 0 Å². The Hall–Kier alpha value is -3.26. The van der Waals surface area contributed by atoms with E-state index in [1.54, 1.807) is 24.3 Å². The van der Waals surface area contributed by atoms with Gasteiger partial charge in [-0.3, -0.25) is 4.79 Å². The van der Waals surface area contributed by atoms with Gasteiger partial charge in [-0.25, -0.2) is 9.48 Å². The number of halogens is 1. The molecule has 2 aromatic carbocycles. The third-order valence-electron chi connectivity index (χ3n) is 4.00. The first-order valence-corrected chi connectivity index (χ1v) is 8.94. The van der Waals surface area contributed by atoms with E-state index in [1.807, 2.05) is 30.3 Å². The SMILES string of the molecule is C[C@H](OC(=O)[C@H](Cc1ccccc1)n1cnnn1)C(=O)Nc1ccc(Cl)cc1. The Bertz CT molecular complexity index is 917. The number of hydrogen-bond acceptors (Lipinski definition) is 6.